The number of nitrogens with zero attached hydrogens (tertiary/aromatic N) is 2. The first-order valence-corrected chi connectivity index (χ1v) is 7.30. The molecule has 2 heterocycles. The number of primary sulfonamides is 1. The molecule has 1 saturated heterocycles. The van der Waals surface area contributed by atoms with Gasteiger partial charge in [-0.05, 0) is 6.42 Å². The molecule has 1 aromatic heterocycles. The Labute approximate surface area is 105 Å². The van der Waals surface area contributed by atoms with Crippen molar-refractivity contribution >= 4 is 21.8 Å². The summed E-state index contributed by atoms with van der Waals surface area (Å²) in [6.07, 6.45) is 1.56. The molecule has 0 radical (unpaired) electrons. The molecule has 0 aliphatic carbocycles. The zero-order chi connectivity index (χ0) is 13.3. The Morgan fingerprint density at radius 1 is 1.61 bits per heavy atom. The molecule has 0 saturated carbocycles. The number of hydrogen-bond donors (Lipinski definition) is 1. The quantitative estimate of drug-likeness (QED) is 0.832. The van der Waals surface area contributed by atoms with E-state index in [1.165, 1.54) is 4.90 Å². The Hall–Kier alpha value is -1.41. The van der Waals surface area contributed by atoms with Crippen LogP contribution in [0.4, 0.5) is 5.88 Å². The van der Waals surface area contributed by atoms with E-state index >= 15 is 0 Å². The zero-order valence-electron chi connectivity index (χ0n) is 10.00. The average molecular weight is 273 g/mol. The van der Waals surface area contributed by atoms with Crippen LogP contribution in [0.25, 0.3) is 0 Å². The minimum absolute atomic E-state index is 0.0262. The van der Waals surface area contributed by atoms with E-state index in [1.54, 1.807) is 6.07 Å². The number of amides is 1. The molecule has 0 bridgehead atoms. The Morgan fingerprint density at radius 3 is 2.89 bits per heavy atom. The first-order chi connectivity index (χ1) is 8.41. The molecule has 1 atom stereocenters. The highest BCUT2D eigenvalue weighted by Gasteiger charge is 2.38. The third kappa shape index (κ3) is 2.54. The molecule has 7 nitrogen and oxygen atoms in total. The van der Waals surface area contributed by atoms with Crippen molar-refractivity contribution in [2.45, 2.75) is 31.4 Å². The summed E-state index contributed by atoms with van der Waals surface area (Å²) < 4.78 is 27.5. The number of carbonyl (C=O) groups excluding carboxylic acids is 1. The van der Waals surface area contributed by atoms with E-state index in [2.05, 4.69) is 5.16 Å². The van der Waals surface area contributed by atoms with Crippen LogP contribution in [-0.2, 0) is 21.2 Å². The third-order valence-corrected chi connectivity index (χ3v) is 4.12. The molecule has 1 fully saturated rings. The van der Waals surface area contributed by atoms with Gasteiger partial charge in [-0.1, -0.05) is 18.5 Å². The SMILES string of the molecule is CCCc1cc(N2CC(S(N)(=O)=O)CC2=O)on1. The van der Waals surface area contributed by atoms with E-state index in [4.69, 9.17) is 9.66 Å². The number of nitrogens with two attached hydrogens (primary N) is 1. The molecule has 1 aliphatic heterocycles. The minimum atomic E-state index is -3.70. The fourth-order valence-corrected chi connectivity index (χ4v) is 2.64. The average Bonchev–Trinajstić information content (AvgIpc) is 2.84. The molecule has 1 amide bonds. The van der Waals surface area contributed by atoms with Crippen molar-refractivity contribution < 1.29 is 17.7 Å². The molecule has 0 spiro atoms. The van der Waals surface area contributed by atoms with Crippen LogP contribution < -0.4 is 10.0 Å². The van der Waals surface area contributed by atoms with Gasteiger partial charge in [-0.2, -0.15) is 0 Å². The number of aryl methyl sites for hydroxylation is 1. The summed E-state index contributed by atoms with van der Waals surface area (Å²) >= 11 is 0. The van der Waals surface area contributed by atoms with Crippen LogP contribution in [-0.4, -0.2) is 31.3 Å². The molecule has 1 aromatic rings. The summed E-state index contributed by atoms with van der Waals surface area (Å²) in [5, 5.41) is 8.00. The summed E-state index contributed by atoms with van der Waals surface area (Å²) in [5.41, 5.74) is 0.749. The van der Waals surface area contributed by atoms with E-state index in [0.29, 0.717) is 0 Å². The number of anilines is 1. The van der Waals surface area contributed by atoms with Crippen molar-refractivity contribution in [3.63, 3.8) is 0 Å². The lowest BCUT2D eigenvalue weighted by Crippen LogP contribution is -2.31. The van der Waals surface area contributed by atoms with E-state index in [1.807, 2.05) is 6.92 Å². The molecule has 8 heteroatoms. The molecule has 100 valence electrons. The fourth-order valence-electron chi connectivity index (χ4n) is 1.91. The minimum Gasteiger partial charge on any atom is -0.338 e. The standard InChI is InChI=1S/C10H15N3O4S/c1-2-3-7-4-10(17-12-7)13-6-8(5-9(13)14)18(11,15)16/h4,8H,2-3,5-6H2,1H3,(H2,11,15,16). The highest BCUT2D eigenvalue weighted by atomic mass is 32.2. The summed E-state index contributed by atoms with van der Waals surface area (Å²) in [6, 6.07) is 1.66. The first kappa shape index (κ1) is 13.0. The Morgan fingerprint density at radius 2 is 2.33 bits per heavy atom. The summed E-state index contributed by atoms with van der Waals surface area (Å²) in [6.45, 7) is 2.03. The van der Waals surface area contributed by atoms with Gasteiger partial charge >= 0.3 is 0 Å². The van der Waals surface area contributed by atoms with Gasteiger partial charge in [0.15, 0.2) is 0 Å². The number of carbonyl (C=O) groups is 1. The van der Waals surface area contributed by atoms with E-state index < -0.39 is 15.3 Å². The summed E-state index contributed by atoms with van der Waals surface area (Å²) in [4.78, 5) is 13.0. The van der Waals surface area contributed by atoms with Gasteiger partial charge < -0.3 is 4.52 Å². The molecule has 1 aliphatic rings. The maximum atomic E-state index is 11.7. The van der Waals surface area contributed by atoms with E-state index in [-0.39, 0.29) is 24.8 Å². The number of hydrogen-bond acceptors (Lipinski definition) is 5. The maximum Gasteiger partial charge on any atom is 0.234 e. The second-order valence-electron chi connectivity index (χ2n) is 4.33. The number of rotatable bonds is 4. The third-order valence-electron chi connectivity index (χ3n) is 2.87. The molecular formula is C10H15N3O4S. The van der Waals surface area contributed by atoms with Gasteiger partial charge in [0.1, 0.15) is 5.25 Å². The van der Waals surface area contributed by atoms with Crippen molar-refractivity contribution in [3.05, 3.63) is 11.8 Å². The van der Waals surface area contributed by atoms with Crippen LogP contribution in [0.5, 0.6) is 0 Å². The van der Waals surface area contributed by atoms with Crippen molar-refractivity contribution in [2.75, 3.05) is 11.4 Å². The normalized spacial score (nSPS) is 20.7. The molecule has 1 unspecified atom stereocenters. The monoisotopic (exact) mass is 273 g/mol. The van der Waals surface area contributed by atoms with E-state index in [9.17, 15) is 13.2 Å². The van der Waals surface area contributed by atoms with Crippen LogP contribution in [0.3, 0.4) is 0 Å². The van der Waals surface area contributed by atoms with Crippen molar-refractivity contribution in [3.8, 4) is 0 Å². The second-order valence-corrected chi connectivity index (χ2v) is 6.17. The van der Waals surface area contributed by atoms with Crippen molar-refractivity contribution in [2.24, 2.45) is 5.14 Å². The second kappa shape index (κ2) is 4.69. The highest BCUT2D eigenvalue weighted by Crippen LogP contribution is 2.25. The zero-order valence-corrected chi connectivity index (χ0v) is 10.8. The smallest absolute Gasteiger partial charge is 0.234 e. The molecule has 0 aromatic carbocycles. The number of aromatic nitrogens is 1. The maximum absolute atomic E-state index is 11.7. The predicted molar refractivity (Wildman–Crippen MR) is 64.4 cm³/mol. The lowest BCUT2D eigenvalue weighted by Gasteiger charge is -2.10. The van der Waals surface area contributed by atoms with Gasteiger partial charge in [0.05, 0.1) is 5.69 Å². The molecular weight excluding hydrogens is 258 g/mol. The van der Waals surface area contributed by atoms with E-state index in [0.717, 1.165) is 18.5 Å². The topological polar surface area (TPSA) is 106 Å². The molecule has 2 N–H and O–H groups in total. The Balaban J connectivity index is 2.16. The van der Waals surface area contributed by atoms with Crippen molar-refractivity contribution in [1.82, 2.24) is 5.16 Å². The summed E-state index contributed by atoms with van der Waals surface area (Å²) in [7, 11) is -3.70. The molecule has 18 heavy (non-hydrogen) atoms. The van der Waals surface area contributed by atoms with Gasteiger partial charge in [0, 0.05) is 19.0 Å². The largest absolute Gasteiger partial charge is 0.338 e. The van der Waals surface area contributed by atoms with Crippen LogP contribution in [0.15, 0.2) is 10.6 Å². The van der Waals surface area contributed by atoms with Gasteiger partial charge in [-0.15, -0.1) is 0 Å². The van der Waals surface area contributed by atoms with Crippen LogP contribution >= 0.6 is 0 Å². The Bertz CT molecular complexity index is 551. The Kier molecular flexibility index (Phi) is 3.40. The lowest BCUT2D eigenvalue weighted by atomic mass is 10.2. The van der Waals surface area contributed by atoms with Crippen LogP contribution in [0, 0.1) is 0 Å². The van der Waals surface area contributed by atoms with Crippen molar-refractivity contribution in [1.29, 1.82) is 0 Å². The fraction of sp³-hybridized carbons (Fsp3) is 0.600. The van der Waals surface area contributed by atoms with Gasteiger partial charge in [-0.3, -0.25) is 9.69 Å². The molecule has 2 rings (SSSR count). The van der Waals surface area contributed by atoms with Crippen LogP contribution in [0.2, 0.25) is 0 Å². The first-order valence-electron chi connectivity index (χ1n) is 5.69. The van der Waals surface area contributed by atoms with Gasteiger partial charge in [-0.25, -0.2) is 13.6 Å². The number of sulfonamides is 1. The van der Waals surface area contributed by atoms with Gasteiger partial charge in [0.25, 0.3) is 0 Å². The predicted octanol–water partition coefficient (Wildman–Crippen LogP) is 0.0209. The van der Waals surface area contributed by atoms with Crippen LogP contribution in [0.1, 0.15) is 25.5 Å². The highest BCUT2D eigenvalue weighted by molar-refractivity contribution is 7.89. The lowest BCUT2D eigenvalue weighted by molar-refractivity contribution is -0.117. The van der Waals surface area contributed by atoms with Gasteiger partial charge in [0.2, 0.25) is 21.8 Å². The summed E-state index contributed by atoms with van der Waals surface area (Å²) in [5.74, 6) is -0.0252.